The molecule has 1 aliphatic rings. The van der Waals surface area contributed by atoms with Gasteiger partial charge in [-0.25, -0.2) is 9.67 Å². The Balaban J connectivity index is 1.86. The number of carbonyl (C=O) groups is 2. The van der Waals surface area contributed by atoms with E-state index in [4.69, 9.17) is 0 Å². The highest BCUT2D eigenvalue weighted by atomic mass is 16.2. The summed E-state index contributed by atoms with van der Waals surface area (Å²) in [6.07, 6.45) is 3.66. The highest BCUT2D eigenvalue weighted by Crippen LogP contribution is 2.17. The minimum Gasteiger partial charge on any atom is -0.354 e. The first-order valence-corrected chi connectivity index (χ1v) is 7.45. The number of hydrogen-bond acceptors (Lipinski definition) is 4. The number of fused-ring (bicyclic) bond motifs is 1. The second-order valence-electron chi connectivity index (χ2n) is 5.71. The van der Waals surface area contributed by atoms with Gasteiger partial charge in [-0.15, -0.1) is 0 Å². The summed E-state index contributed by atoms with van der Waals surface area (Å²) in [4.78, 5) is 30.0. The van der Waals surface area contributed by atoms with Gasteiger partial charge in [0.1, 0.15) is 0 Å². The lowest BCUT2D eigenvalue weighted by molar-refractivity contribution is -0.120. The van der Waals surface area contributed by atoms with E-state index in [1.165, 1.54) is 0 Å². The topological polar surface area (TPSA) is 80.1 Å². The van der Waals surface area contributed by atoms with E-state index in [-0.39, 0.29) is 17.9 Å². The Labute approximate surface area is 128 Å². The molecule has 7 heteroatoms. The SMILES string of the molecule is CC(C)n1ncc2cc(C(=O)N3CCNC(=O)CC3)cnc21. The van der Waals surface area contributed by atoms with Gasteiger partial charge in [0.15, 0.2) is 5.65 Å². The van der Waals surface area contributed by atoms with Gasteiger partial charge in [0, 0.05) is 43.7 Å². The number of aromatic nitrogens is 3. The maximum absolute atomic E-state index is 12.6. The Kier molecular flexibility index (Phi) is 3.79. The average molecular weight is 301 g/mol. The summed E-state index contributed by atoms with van der Waals surface area (Å²) in [5, 5.41) is 7.92. The van der Waals surface area contributed by atoms with Gasteiger partial charge in [0.2, 0.25) is 5.91 Å². The lowest BCUT2D eigenvalue weighted by atomic mass is 10.2. The Bertz CT molecular complexity index is 722. The van der Waals surface area contributed by atoms with E-state index in [0.717, 1.165) is 11.0 Å². The summed E-state index contributed by atoms with van der Waals surface area (Å²) in [5.41, 5.74) is 1.31. The summed E-state index contributed by atoms with van der Waals surface area (Å²) in [6, 6.07) is 2.03. The molecular weight excluding hydrogens is 282 g/mol. The number of nitrogens with zero attached hydrogens (tertiary/aromatic N) is 4. The molecule has 7 nitrogen and oxygen atoms in total. The molecule has 1 N–H and O–H groups in total. The molecule has 116 valence electrons. The normalized spacial score (nSPS) is 16.0. The molecule has 2 aromatic rings. The molecule has 0 radical (unpaired) electrons. The van der Waals surface area contributed by atoms with Crippen molar-refractivity contribution in [1.82, 2.24) is 25.0 Å². The molecule has 2 aromatic heterocycles. The Morgan fingerprint density at radius 2 is 2.14 bits per heavy atom. The van der Waals surface area contributed by atoms with Gasteiger partial charge in [0.05, 0.1) is 11.8 Å². The molecule has 22 heavy (non-hydrogen) atoms. The molecule has 3 rings (SSSR count). The molecule has 1 fully saturated rings. The van der Waals surface area contributed by atoms with Crippen LogP contribution in [0.15, 0.2) is 18.5 Å². The largest absolute Gasteiger partial charge is 0.354 e. The van der Waals surface area contributed by atoms with Crippen LogP contribution in [0.25, 0.3) is 11.0 Å². The first-order chi connectivity index (χ1) is 10.6. The zero-order chi connectivity index (χ0) is 15.7. The number of hydrogen-bond donors (Lipinski definition) is 1. The van der Waals surface area contributed by atoms with E-state index in [1.54, 1.807) is 17.3 Å². The molecule has 0 aliphatic carbocycles. The van der Waals surface area contributed by atoms with Gasteiger partial charge in [-0.05, 0) is 19.9 Å². The van der Waals surface area contributed by atoms with Crippen molar-refractivity contribution < 1.29 is 9.59 Å². The van der Waals surface area contributed by atoms with Crippen LogP contribution in [0.5, 0.6) is 0 Å². The van der Waals surface area contributed by atoms with Crippen LogP contribution in [0.3, 0.4) is 0 Å². The standard InChI is InChI=1S/C15H19N5O2/c1-10(2)20-14-11(9-18-20)7-12(8-17-14)15(22)19-5-3-13(21)16-4-6-19/h7-10H,3-6H2,1-2H3,(H,16,21). The predicted molar refractivity (Wildman–Crippen MR) is 81.4 cm³/mol. The van der Waals surface area contributed by atoms with Crippen LogP contribution >= 0.6 is 0 Å². The number of nitrogens with one attached hydrogen (secondary N) is 1. The summed E-state index contributed by atoms with van der Waals surface area (Å²) < 4.78 is 1.83. The highest BCUT2D eigenvalue weighted by Gasteiger charge is 2.20. The third-order valence-corrected chi connectivity index (χ3v) is 3.77. The fraction of sp³-hybridized carbons (Fsp3) is 0.467. The van der Waals surface area contributed by atoms with Gasteiger partial charge < -0.3 is 10.2 Å². The van der Waals surface area contributed by atoms with Crippen molar-refractivity contribution in [2.75, 3.05) is 19.6 Å². The van der Waals surface area contributed by atoms with E-state index in [0.29, 0.717) is 31.6 Å². The first-order valence-electron chi connectivity index (χ1n) is 7.45. The van der Waals surface area contributed by atoms with Crippen LogP contribution in [-0.2, 0) is 4.79 Å². The first kappa shape index (κ1) is 14.5. The second kappa shape index (κ2) is 5.75. The maximum Gasteiger partial charge on any atom is 0.255 e. The highest BCUT2D eigenvalue weighted by molar-refractivity contribution is 5.97. The van der Waals surface area contributed by atoms with Crippen molar-refractivity contribution in [2.24, 2.45) is 0 Å². The molecule has 2 amide bonds. The molecule has 0 saturated carbocycles. The van der Waals surface area contributed by atoms with Crippen molar-refractivity contribution in [3.8, 4) is 0 Å². The summed E-state index contributed by atoms with van der Waals surface area (Å²) in [7, 11) is 0. The fourth-order valence-corrected chi connectivity index (χ4v) is 2.59. The Morgan fingerprint density at radius 3 is 2.91 bits per heavy atom. The molecule has 1 saturated heterocycles. The molecule has 0 aromatic carbocycles. The van der Waals surface area contributed by atoms with E-state index in [9.17, 15) is 9.59 Å². The predicted octanol–water partition coefficient (Wildman–Crippen LogP) is 0.974. The lowest BCUT2D eigenvalue weighted by Crippen LogP contribution is -2.34. The van der Waals surface area contributed by atoms with Crippen LogP contribution in [0.4, 0.5) is 0 Å². The van der Waals surface area contributed by atoms with Crippen molar-refractivity contribution in [2.45, 2.75) is 26.3 Å². The molecule has 1 aliphatic heterocycles. The van der Waals surface area contributed by atoms with E-state index in [1.807, 2.05) is 24.6 Å². The number of rotatable bonds is 2. The minimum absolute atomic E-state index is 0.0120. The molecule has 0 spiro atoms. The third kappa shape index (κ3) is 2.66. The Morgan fingerprint density at radius 1 is 1.32 bits per heavy atom. The molecular formula is C15H19N5O2. The van der Waals surface area contributed by atoms with Gasteiger partial charge in [0.25, 0.3) is 5.91 Å². The van der Waals surface area contributed by atoms with E-state index >= 15 is 0 Å². The van der Waals surface area contributed by atoms with Crippen LogP contribution in [0.1, 0.15) is 36.7 Å². The number of amides is 2. The van der Waals surface area contributed by atoms with Crippen molar-refractivity contribution in [3.63, 3.8) is 0 Å². The van der Waals surface area contributed by atoms with Crippen molar-refractivity contribution in [3.05, 3.63) is 24.0 Å². The van der Waals surface area contributed by atoms with Crippen LogP contribution < -0.4 is 5.32 Å². The molecule has 3 heterocycles. The van der Waals surface area contributed by atoms with Crippen LogP contribution in [-0.4, -0.2) is 51.1 Å². The van der Waals surface area contributed by atoms with E-state index < -0.39 is 0 Å². The van der Waals surface area contributed by atoms with Crippen LogP contribution in [0, 0.1) is 0 Å². The zero-order valence-corrected chi connectivity index (χ0v) is 12.7. The van der Waals surface area contributed by atoms with Crippen molar-refractivity contribution >= 4 is 22.8 Å². The lowest BCUT2D eigenvalue weighted by Gasteiger charge is -2.19. The number of carbonyl (C=O) groups excluding carboxylic acids is 2. The zero-order valence-electron chi connectivity index (χ0n) is 12.7. The smallest absolute Gasteiger partial charge is 0.255 e. The maximum atomic E-state index is 12.6. The molecule has 0 unspecified atom stereocenters. The van der Waals surface area contributed by atoms with E-state index in [2.05, 4.69) is 15.4 Å². The third-order valence-electron chi connectivity index (χ3n) is 3.77. The Hall–Kier alpha value is -2.44. The second-order valence-corrected chi connectivity index (χ2v) is 5.71. The average Bonchev–Trinajstić information content (AvgIpc) is 2.81. The molecule has 0 atom stereocenters. The van der Waals surface area contributed by atoms with Gasteiger partial charge >= 0.3 is 0 Å². The van der Waals surface area contributed by atoms with Gasteiger partial charge in [-0.2, -0.15) is 5.10 Å². The van der Waals surface area contributed by atoms with Crippen LogP contribution in [0.2, 0.25) is 0 Å². The van der Waals surface area contributed by atoms with Gasteiger partial charge in [-0.3, -0.25) is 9.59 Å². The summed E-state index contributed by atoms with van der Waals surface area (Å²) in [6.45, 7) is 5.52. The minimum atomic E-state index is -0.0943. The monoisotopic (exact) mass is 301 g/mol. The quantitative estimate of drug-likeness (QED) is 0.896. The number of pyridine rings is 1. The summed E-state index contributed by atoms with van der Waals surface area (Å²) >= 11 is 0. The molecule has 0 bridgehead atoms. The summed E-state index contributed by atoms with van der Waals surface area (Å²) in [5.74, 6) is -0.106. The van der Waals surface area contributed by atoms with Gasteiger partial charge in [-0.1, -0.05) is 0 Å². The van der Waals surface area contributed by atoms with Crippen molar-refractivity contribution in [1.29, 1.82) is 0 Å². The fourth-order valence-electron chi connectivity index (χ4n) is 2.59.